The van der Waals surface area contributed by atoms with Crippen molar-refractivity contribution >= 4 is 5.91 Å². The lowest BCUT2D eigenvalue weighted by Gasteiger charge is -2.30. The Bertz CT molecular complexity index is 456. The number of halogens is 3. The maximum Gasteiger partial charge on any atom is 0.251 e. The molecule has 0 radical (unpaired) electrons. The second-order valence-corrected chi connectivity index (χ2v) is 4.85. The highest BCUT2D eigenvalue weighted by atomic mass is 19.2. The van der Waals surface area contributed by atoms with Crippen molar-refractivity contribution in [1.82, 2.24) is 5.32 Å². The van der Waals surface area contributed by atoms with Gasteiger partial charge in [0.25, 0.3) is 5.91 Å². The van der Waals surface area contributed by atoms with Gasteiger partial charge in [-0.05, 0) is 36.9 Å². The van der Waals surface area contributed by atoms with E-state index in [4.69, 9.17) is 5.73 Å². The largest absolute Gasteiger partial charge is 0.351 e. The first-order valence-electron chi connectivity index (χ1n) is 6.52. The van der Waals surface area contributed by atoms with Crippen LogP contribution in [-0.2, 0) is 0 Å². The van der Waals surface area contributed by atoms with Gasteiger partial charge in [-0.1, -0.05) is 13.8 Å². The summed E-state index contributed by atoms with van der Waals surface area (Å²) in [6, 6.07) is 1.35. The van der Waals surface area contributed by atoms with Crippen LogP contribution in [-0.4, -0.2) is 19.0 Å². The van der Waals surface area contributed by atoms with E-state index in [1.807, 2.05) is 13.8 Å². The van der Waals surface area contributed by atoms with E-state index in [0.29, 0.717) is 25.2 Å². The van der Waals surface area contributed by atoms with Crippen LogP contribution in [0.1, 0.15) is 37.0 Å². The number of hydrogen-bond acceptors (Lipinski definition) is 2. The van der Waals surface area contributed by atoms with E-state index in [-0.39, 0.29) is 11.0 Å². The zero-order chi connectivity index (χ0) is 15.3. The van der Waals surface area contributed by atoms with Gasteiger partial charge in [0, 0.05) is 12.1 Å². The van der Waals surface area contributed by atoms with Crippen molar-refractivity contribution in [2.75, 3.05) is 13.1 Å². The summed E-state index contributed by atoms with van der Waals surface area (Å²) < 4.78 is 38.9. The van der Waals surface area contributed by atoms with E-state index in [2.05, 4.69) is 5.32 Å². The van der Waals surface area contributed by atoms with Crippen molar-refractivity contribution in [3.05, 3.63) is 35.1 Å². The summed E-state index contributed by atoms with van der Waals surface area (Å²) in [5, 5.41) is 2.59. The van der Waals surface area contributed by atoms with Crippen molar-refractivity contribution in [1.29, 1.82) is 0 Å². The van der Waals surface area contributed by atoms with Gasteiger partial charge in [0.2, 0.25) is 0 Å². The number of benzene rings is 1. The Morgan fingerprint density at radius 2 is 1.70 bits per heavy atom. The zero-order valence-corrected chi connectivity index (χ0v) is 11.6. The molecule has 0 fully saturated rings. The van der Waals surface area contributed by atoms with Gasteiger partial charge in [-0.15, -0.1) is 0 Å². The van der Waals surface area contributed by atoms with Gasteiger partial charge < -0.3 is 11.1 Å². The normalized spacial score (nSPS) is 11.5. The lowest BCUT2D eigenvalue weighted by Crippen LogP contribution is -2.41. The monoisotopic (exact) mass is 288 g/mol. The molecule has 0 aliphatic rings. The Balaban J connectivity index is 2.82. The van der Waals surface area contributed by atoms with E-state index < -0.39 is 23.4 Å². The highest BCUT2D eigenvalue weighted by molar-refractivity contribution is 5.94. The number of rotatable bonds is 6. The molecule has 0 atom stereocenters. The molecule has 0 spiro atoms. The smallest absolute Gasteiger partial charge is 0.251 e. The molecule has 0 aromatic heterocycles. The maximum absolute atomic E-state index is 13.1. The molecule has 0 saturated carbocycles. The lowest BCUT2D eigenvalue weighted by molar-refractivity contribution is 0.0927. The van der Waals surface area contributed by atoms with Crippen molar-refractivity contribution in [3.63, 3.8) is 0 Å². The fraction of sp³-hybridized carbons (Fsp3) is 0.500. The van der Waals surface area contributed by atoms with Gasteiger partial charge >= 0.3 is 0 Å². The molecule has 0 bridgehead atoms. The first-order chi connectivity index (χ1) is 9.39. The first kappa shape index (κ1) is 16.5. The molecular formula is C14H19F3N2O. The Labute approximate surface area is 116 Å². The second-order valence-electron chi connectivity index (χ2n) is 4.85. The summed E-state index contributed by atoms with van der Waals surface area (Å²) in [7, 11) is 0. The zero-order valence-electron chi connectivity index (χ0n) is 11.6. The van der Waals surface area contributed by atoms with Crippen molar-refractivity contribution < 1.29 is 18.0 Å². The molecular weight excluding hydrogens is 269 g/mol. The topological polar surface area (TPSA) is 55.1 Å². The molecule has 6 heteroatoms. The fourth-order valence-corrected chi connectivity index (χ4v) is 1.92. The van der Waals surface area contributed by atoms with Crippen LogP contribution >= 0.6 is 0 Å². The summed E-state index contributed by atoms with van der Waals surface area (Å²) in [4.78, 5) is 11.8. The Morgan fingerprint density at radius 1 is 1.20 bits per heavy atom. The van der Waals surface area contributed by atoms with E-state index >= 15 is 0 Å². The summed E-state index contributed by atoms with van der Waals surface area (Å²) in [5.74, 6) is -5.00. The SMILES string of the molecule is CCC(CC)(CN)CNC(=O)c1cc(F)c(F)c(F)c1. The highest BCUT2D eigenvalue weighted by Crippen LogP contribution is 2.23. The van der Waals surface area contributed by atoms with Crippen LogP contribution in [0.2, 0.25) is 0 Å². The summed E-state index contributed by atoms with van der Waals surface area (Å²) in [6.45, 7) is 4.61. The van der Waals surface area contributed by atoms with E-state index in [9.17, 15) is 18.0 Å². The molecule has 0 saturated heterocycles. The quantitative estimate of drug-likeness (QED) is 0.791. The van der Waals surface area contributed by atoms with E-state index in [1.165, 1.54) is 0 Å². The molecule has 0 heterocycles. The molecule has 0 aliphatic carbocycles. The van der Waals surface area contributed by atoms with Crippen LogP contribution in [0.25, 0.3) is 0 Å². The minimum atomic E-state index is -1.58. The molecule has 1 amide bonds. The number of carbonyl (C=O) groups is 1. The van der Waals surface area contributed by atoms with Gasteiger partial charge in [-0.2, -0.15) is 0 Å². The highest BCUT2D eigenvalue weighted by Gasteiger charge is 2.25. The molecule has 20 heavy (non-hydrogen) atoms. The second kappa shape index (κ2) is 6.74. The van der Waals surface area contributed by atoms with Crippen LogP contribution in [0.4, 0.5) is 13.2 Å². The molecule has 0 aliphatic heterocycles. The molecule has 1 aromatic carbocycles. The number of nitrogens with one attached hydrogen (secondary N) is 1. The number of hydrogen-bond donors (Lipinski definition) is 2. The average molecular weight is 288 g/mol. The van der Waals surface area contributed by atoms with Crippen molar-refractivity contribution in [2.45, 2.75) is 26.7 Å². The van der Waals surface area contributed by atoms with E-state index in [0.717, 1.165) is 12.8 Å². The third-order valence-electron chi connectivity index (χ3n) is 3.80. The molecule has 1 rings (SSSR count). The lowest BCUT2D eigenvalue weighted by atomic mass is 9.82. The van der Waals surface area contributed by atoms with Crippen LogP contribution in [0.5, 0.6) is 0 Å². The number of amides is 1. The number of carbonyl (C=O) groups excluding carboxylic acids is 1. The van der Waals surface area contributed by atoms with E-state index in [1.54, 1.807) is 0 Å². The predicted octanol–water partition coefficient (Wildman–Crippen LogP) is 2.60. The van der Waals surface area contributed by atoms with Crippen molar-refractivity contribution in [2.24, 2.45) is 11.1 Å². The van der Waals surface area contributed by atoms with Gasteiger partial charge in [0.05, 0.1) is 0 Å². The fourth-order valence-electron chi connectivity index (χ4n) is 1.92. The molecule has 3 N–H and O–H groups in total. The van der Waals surface area contributed by atoms with Gasteiger partial charge in [0.15, 0.2) is 17.5 Å². The minimum absolute atomic E-state index is 0.243. The Hall–Kier alpha value is -1.56. The third kappa shape index (κ3) is 3.50. The Morgan fingerprint density at radius 3 is 2.10 bits per heavy atom. The summed E-state index contributed by atoms with van der Waals surface area (Å²) in [5.41, 5.74) is 5.21. The molecule has 112 valence electrons. The van der Waals surface area contributed by atoms with Gasteiger partial charge in [-0.3, -0.25) is 4.79 Å². The van der Waals surface area contributed by atoms with Crippen LogP contribution in [0.15, 0.2) is 12.1 Å². The minimum Gasteiger partial charge on any atom is -0.351 e. The summed E-state index contributed by atoms with van der Waals surface area (Å²) in [6.07, 6.45) is 1.54. The predicted molar refractivity (Wildman–Crippen MR) is 70.7 cm³/mol. The van der Waals surface area contributed by atoms with Crippen LogP contribution < -0.4 is 11.1 Å². The number of nitrogens with two attached hydrogens (primary N) is 1. The van der Waals surface area contributed by atoms with Gasteiger partial charge in [-0.25, -0.2) is 13.2 Å². The first-order valence-corrected chi connectivity index (χ1v) is 6.52. The summed E-state index contributed by atoms with van der Waals surface area (Å²) >= 11 is 0. The molecule has 1 aromatic rings. The average Bonchev–Trinajstić information content (AvgIpc) is 2.46. The standard InChI is InChI=1S/C14H19F3N2O/c1-3-14(4-2,7-18)8-19-13(20)9-5-10(15)12(17)11(16)6-9/h5-6H,3-4,7-8,18H2,1-2H3,(H,19,20). The molecule has 0 unspecified atom stereocenters. The maximum atomic E-state index is 13.1. The van der Waals surface area contributed by atoms with Crippen molar-refractivity contribution in [3.8, 4) is 0 Å². The van der Waals surface area contributed by atoms with Crippen LogP contribution in [0, 0.1) is 22.9 Å². The van der Waals surface area contributed by atoms with Gasteiger partial charge in [0.1, 0.15) is 0 Å². The molecule has 3 nitrogen and oxygen atoms in total. The van der Waals surface area contributed by atoms with Crippen LogP contribution in [0.3, 0.4) is 0 Å². The Kier molecular flexibility index (Phi) is 5.56. The third-order valence-corrected chi connectivity index (χ3v) is 3.80.